The van der Waals surface area contributed by atoms with Crippen LogP contribution >= 0.6 is 0 Å². The van der Waals surface area contributed by atoms with E-state index in [2.05, 4.69) is 0 Å². The van der Waals surface area contributed by atoms with Gasteiger partial charge in [-0.25, -0.2) is 0 Å². The van der Waals surface area contributed by atoms with Crippen LogP contribution in [-0.4, -0.2) is 53.0 Å². The topological polar surface area (TPSA) is 173 Å². The number of unbranched alkanes of at least 4 members (excludes halogenated alkanes) is 5. The fourth-order valence-corrected chi connectivity index (χ4v) is 4.01. The number of hydrogen-bond donors (Lipinski definition) is 3. The first-order valence-corrected chi connectivity index (χ1v) is 12.7. The molecule has 0 aliphatic heterocycles. The van der Waals surface area contributed by atoms with Crippen LogP contribution in [0.2, 0.25) is 0 Å². The molecule has 34 heavy (non-hydrogen) atoms. The van der Waals surface area contributed by atoms with Gasteiger partial charge in [0.25, 0.3) is 0 Å². The maximum absolute atomic E-state index is 12.3. The number of carboxylic acids is 2. The molecule has 0 aromatic carbocycles. The Balaban J connectivity index is 4.47. The number of aliphatic carboxylic acids is 2. The van der Waals surface area contributed by atoms with Crippen molar-refractivity contribution in [2.24, 2.45) is 23.5 Å². The Labute approximate surface area is 204 Å². The van der Waals surface area contributed by atoms with Crippen molar-refractivity contribution >= 4 is 17.9 Å². The lowest BCUT2D eigenvalue weighted by Gasteiger charge is -2.30. The number of aliphatic hydroxyl groups is 2. The van der Waals surface area contributed by atoms with Gasteiger partial charge in [-0.15, -0.1) is 0 Å². The molecule has 0 saturated heterocycles. The van der Waals surface area contributed by atoms with Crippen LogP contribution in [-0.2, 0) is 19.1 Å². The number of rotatable bonds is 21. The highest BCUT2D eigenvalue weighted by atomic mass is 16.6. The first-order valence-electron chi connectivity index (χ1n) is 12.7. The van der Waals surface area contributed by atoms with E-state index in [9.17, 15) is 34.8 Å². The second-order valence-corrected chi connectivity index (χ2v) is 9.63. The van der Waals surface area contributed by atoms with Crippen LogP contribution in [0.15, 0.2) is 0 Å². The molecule has 0 aromatic rings. The number of carbonyl (C=O) groups excluding carboxylic acids is 3. The van der Waals surface area contributed by atoms with Gasteiger partial charge < -0.3 is 40.5 Å². The van der Waals surface area contributed by atoms with Crippen LogP contribution in [0.4, 0.5) is 0 Å². The standard InChI is InChI=1S/C25H47NO8/c1-4-18(3)24(34-23(31)15-19(25(32)33)14-22(29)30)21(28)13-17(2)11-9-7-5-6-8-10-12-20(27)16-26/h17-21,24,27-28H,4-16,26H2,1-3H3,(H,29,30)(H,32,33)/p-2/t17-,18+,19+,20-,21-,24+/m0/s1. The van der Waals surface area contributed by atoms with Gasteiger partial charge in [-0.05, 0) is 37.5 Å². The van der Waals surface area contributed by atoms with Gasteiger partial charge in [0.2, 0.25) is 0 Å². The SMILES string of the molecule is CC[C@@H](C)[C@@H](OC(=O)C[C@@H](CC(=O)[O-])C(=O)[O-])[C@@H](O)C[C@@H](C)CCCCCCCC[C@H](O)CN. The number of aliphatic hydroxyl groups excluding tert-OH is 2. The van der Waals surface area contributed by atoms with Crippen molar-refractivity contribution in [3.8, 4) is 0 Å². The van der Waals surface area contributed by atoms with Crippen molar-refractivity contribution in [2.75, 3.05) is 6.54 Å². The summed E-state index contributed by atoms with van der Waals surface area (Å²) in [6.45, 7) is 6.09. The molecule has 9 nitrogen and oxygen atoms in total. The van der Waals surface area contributed by atoms with E-state index in [1.54, 1.807) is 0 Å². The second-order valence-electron chi connectivity index (χ2n) is 9.63. The minimum atomic E-state index is -1.65. The maximum Gasteiger partial charge on any atom is 0.306 e. The van der Waals surface area contributed by atoms with Crippen LogP contribution in [0.5, 0.6) is 0 Å². The van der Waals surface area contributed by atoms with E-state index in [4.69, 9.17) is 10.5 Å². The highest BCUT2D eigenvalue weighted by molar-refractivity contribution is 5.81. The van der Waals surface area contributed by atoms with Crippen molar-refractivity contribution in [1.82, 2.24) is 0 Å². The molecule has 0 radical (unpaired) electrons. The molecule has 6 atom stereocenters. The number of hydrogen-bond acceptors (Lipinski definition) is 9. The largest absolute Gasteiger partial charge is 0.550 e. The summed E-state index contributed by atoms with van der Waals surface area (Å²) in [5.41, 5.74) is 5.39. The van der Waals surface area contributed by atoms with Crippen LogP contribution in [0, 0.1) is 17.8 Å². The molecule has 0 aliphatic rings. The zero-order chi connectivity index (χ0) is 26.1. The summed E-state index contributed by atoms with van der Waals surface area (Å²) >= 11 is 0. The Hall–Kier alpha value is -1.71. The Morgan fingerprint density at radius 1 is 0.912 bits per heavy atom. The van der Waals surface area contributed by atoms with E-state index >= 15 is 0 Å². The monoisotopic (exact) mass is 487 g/mol. The molecule has 0 fully saturated rings. The molecule has 0 rings (SSSR count). The van der Waals surface area contributed by atoms with E-state index < -0.39 is 55.0 Å². The summed E-state index contributed by atoms with van der Waals surface area (Å²) < 4.78 is 5.41. The smallest absolute Gasteiger partial charge is 0.306 e. The molecular weight excluding hydrogens is 442 g/mol. The van der Waals surface area contributed by atoms with E-state index in [1.807, 2.05) is 20.8 Å². The molecule has 9 heteroatoms. The lowest BCUT2D eigenvalue weighted by molar-refractivity contribution is -0.320. The molecule has 200 valence electrons. The Kier molecular flexibility index (Phi) is 17.7. The third-order valence-electron chi connectivity index (χ3n) is 6.41. The van der Waals surface area contributed by atoms with Gasteiger partial charge in [0, 0.05) is 24.4 Å². The summed E-state index contributed by atoms with van der Waals surface area (Å²) in [6.07, 6.45) is 5.62. The molecule has 0 heterocycles. The summed E-state index contributed by atoms with van der Waals surface area (Å²) in [4.78, 5) is 34.1. The zero-order valence-corrected chi connectivity index (χ0v) is 21.1. The van der Waals surface area contributed by atoms with Crippen LogP contribution in [0.1, 0.15) is 97.8 Å². The van der Waals surface area contributed by atoms with Crippen LogP contribution in [0.3, 0.4) is 0 Å². The lowest BCUT2D eigenvalue weighted by atomic mass is 9.89. The fraction of sp³-hybridized carbons (Fsp3) is 0.880. The predicted octanol–water partition coefficient (Wildman–Crippen LogP) is 0.668. The average molecular weight is 488 g/mol. The number of esters is 1. The first kappa shape index (κ1) is 32.3. The maximum atomic E-state index is 12.3. The molecular formula is C25H45NO8-2. The third-order valence-corrected chi connectivity index (χ3v) is 6.41. The molecule has 0 aromatic heterocycles. The number of ether oxygens (including phenoxy) is 1. The third kappa shape index (κ3) is 15.2. The lowest BCUT2D eigenvalue weighted by Crippen LogP contribution is -2.40. The van der Waals surface area contributed by atoms with Crippen molar-refractivity contribution in [1.29, 1.82) is 0 Å². The van der Waals surface area contributed by atoms with E-state index in [0.29, 0.717) is 19.4 Å². The van der Waals surface area contributed by atoms with Crippen molar-refractivity contribution in [2.45, 2.75) is 116 Å². The van der Waals surface area contributed by atoms with Gasteiger partial charge in [-0.2, -0.15) is 0 Å². The Morgan fingerprint density at radius 2 is 1.47 bits per heavy atom. The number of carbonyl (C=O) groups is 3. The molecule has 0 spiro atoms. The van der Waals surface area contributed by atoms with Crippen LogP contribution in [0.25, 0.3) is 0 Å². The van der Waals surface area contributed by atoms with Gasteiger partial charge in [0.05, 0.1) is 18.6 Å². The van der Waals surface area contributed by atoms with Gasteiger partial charge >= 0.3 is 5.97 Å². The minimum Gasteiger partial charge on any atom is -0.550 e. The second kappa shape index (κ2) is 18.6. The zero-order valence-electron chi connectivity index (χ0n) is 21.1. The minimum absolute atomic E-state index is 0.147. The number of nitrogens with two attached hydrogens (primary N) is 1. The molecule has 0 unspecified atom stereocenters. The highest BCUT2D eigenvalue weighted by Crippen LogP contribution is 2.24. The Morgan fingerprint density at radius 3 is 1.97 bits per heavy atom. The molecule has 4 N–H and O–H groups in total. The van der Waals surface area contributed by atoms with Crippen molar-refractivity contribution < 1.29 is 39.5 Å². The van der Waals surface area contributed by atoms with Gasteiger partial charge in [0.15, 0.2) is 0 Å². The average Bonchev–Trinajstić information content (AvgIpc) is 2.77. The van der Waals surface area contributed by atoms with E-state index in [0.717, 1.165) is 51.4 Å². The molecule has 0 aliphatic carbocycles. The van der Waals surface area contributed by atoms with E-state index in [-0.39, 0.29) is 11.8 Å². The summed E-state index contributed by atoms with van der Waals surface area (Å²) in [7, 11) is 0. The molecule has 0 bridgehead atoms. The van der Waals surface area contributed by atoms with Gasteiger partial charge in [-0.3, -0.25) is 4.79 Å². The Bertz CT molecular complexity index is 585. The molecule has 0 saturated carbocycles. The summed E-state index contributed by atoms with van der Waals surface area (Å²) in [5.74, 6) is -5.56. The molecule has 0 amide bonds. The van der Waals surface area contributed by atoms with Gasteiger partial charge in [0.1, 0.15) is 6.10 Å². The van der Waals surface area contributed by atoms with Crippen LogP contribution < -0.4 is 15.9 Å². The quantitative estimate of drug-likeness (QED) is 0.155. The first-order chi connectivity index (χ1) is 16.0. The predicted molar refractivity (Wildman–Crippen MR) is 124 cm³/mol. The van der Waals surface area contributed by atoms with E-state index in [1.165, 1.54) is 0 Å². The fourth-order valence-electron chi connectivity index (χ4n) is 4.01. The summed E-state index contributed by atoms with van der Waals surface area (Å²) in [5, 5.41) is 42.0. The van der Waals surface area contributed by atoms with Gasteiger partial charge in [-0.1, -0.05) is 65.7 Å². The van der Waals surface area contributed by atoms with Crippen molar-refractivity contribution in [3.63, 3.8) is 0 Å². The van der Waals surface area contributed by atoms with Crippen molar-refractivity contribution in [3.05, 3.63) is 0 Å². The summed E-state index contributed by atoms with van der Waals surface area (Å²) in [6, 6.07) is 0. The number of carboxylic acid groups (broad SMARTS) is 2. The highest BCUT2D eigenvalue weighted by Gasteiger charge is 2.30. The normalized spacial score (nSPS) is 16.8.